The fraction of sp³-hybridized carbons (Fsp3) is 0.364. The minimum Gasteiger partial charge on any atom is -0.352 e. The Morgan fingerprint density at radius 2 is 1.69 bits per heavy atom. The zero-order chi connectivity index (χ0) is 21.6. The molecular weight excluding hydrogens is 431 g/mol. The zero-order valence-corrected chi connectivity index (χ0v) is 19.0. The molecule has 0 spiro atoms. The van der Waals surface area contributed by atoms with Crippen LogP contribution in [0.15, 0.2) is 42.5 Å². The molecular formula is C22H25Cl3N2O2. The van der Waals surface area contributed by atoms with Crippen molar-refractivity contribution in [2.24, 2.45) is 0 Å². The van der Waals surface area contributed by atoms with Gasteiger partial charge in [-0.05, 0) is 49.6 Å². The van der Waals surface area contributed by atoms with Crippen molar-refractivity contribution in [3.05, 3.63) is 68.7 Å². The van der Waals surface area contributed by atoms with Crippen LogP contribution in [-0.4, -0.2) is 28.8 Å². The van der Waals surface area contributed by atoms with Crippen LogP contribution in [0.25, 0.3) is 0 Å². The number of carbonyl (C=O) groups excluding carboxylic acids is 2. The van der Waals surface area contributed by atoms with E-state index >= 15 is 0 Å². The first-order valence-electron chi connectivity index (χ1n) is 9.50. The second-order valence-corrected chi connectivity index (χ2v) is 8.35. The summed E-state index contributed by atoms with van der Waals surface area (Å²) < 4.78 is 0. The first-order chi connectivity index (χ1) is 13.7. The fourth-order valence-electron chi connectivity index (χ4n) is 3.04. The van der Waals surface area contributed by atoms with Crippen LogP contribution in [0.2, 0.25) is 15.1 Å². The molecule has 0 bridgehead atoms. The van der Waals surface area contributed by atoms with Crippen LogP contribution in [0.1, 0.15) is 38.3 Å². The van der Waals surface area contributed by atoms with Gasteiger partial charge in [0.2, 0.25) is 11.8 Å². The van der Waals surface area contributed by atoms with Gasteiger partial charge in [-0.15, -0.1) is 0 Å². The van der Waals surface area contributed by atoms with Crippen LogP contribution in [0.4, 0.5) is 0 Å². The van der Waals surface area contributed by atoms with Crippen molar-refractivity contribution in [2.45, 2.75) is 52.2 Å². The Bertz CT molecular complexity index is 871. The average molecular weight is 456 g/mol. The summed E-state index contributed by atoms with van der Waals surface area (Å²) in [5, 5.41) is 4.27. The van der Waals surface area contributed by atoms with E-state index in [1.54, 1.807) is 29.2 Å². The quantitative estimate of drug-likeness (QED) is 0.569. The SMILES string of the molecule is CC[C@H](C(=O)NC(C)C)N(Cc1ccc(Cl)c(Cl)c1)C(=O)Cc1ccccc1Cl. The lowest BCUT2D eigenvalue weighted by Crippen LogP contribution is -2.50. The van der Waals surface area contributed by atoms with Crippen molar-refractivity contribution >= 4 is 46.6 Å². The fourth-order valence-corrected chi connectivity index (χ4v) is 3.56. The van der Waals surface area contributed by atoms with E-state index in [9.17, 15) is 9.59 Å². The summed E-state index contributed by atoms with van der Waals surface area (Å²) in [5.41, 5.74) is 1.51. The number of nitrogens with zero attached hydrogens (tertiary/aromatic N) is 1. The normalized spacial score (nSPS) is 12.0. The Morgan fingerprint density at radius 3 is 2.28 bits per heavy atom. The second kappa shape index (κ2) is 10.9. The van der Waals surface area contributed by atoms with E-state index < -0.39 is 6.04 Å². The minimum atomic E-state index is -0.609. The van der Waals surface area contributed by atoms with Gasteiger partial charge in [-0.3, -0.25) is 9.59 Å². The molecule has 0 aliphatic heterocycles. The molecule has 0 aliphatic carbocycles. The van der Waals surface area contributed by atoms with Gasteiger partial charge in [0.1, 0.15) is 6.04 Å². The highest BCUT2D eigenvalue weighted by molar-refractivity contribution is 6.42. The smallest absolute Gasteiger partial charge is 0.243 e. The highest BCUT2D eigenvalue weighted by atomic mass is 35.5. The van der Waals surface area contributed by atoms with E-state index in [0.29, 0.717) is 21.5 Å². The lowest BCUT2D eigenvalue weighted by molar-refractivity contribution is -0.141. The molecule has 1 N–H and O–H groups in total. The maximum absolute atomic E-state index is 13.2. The number of rotatable bonds is 8. The predicted molar refractivity (Wildman–Crippen MR) is 120 cm³/mol. The molecule has 2 rings (SSSR count). The Morgan fingerprint density at radius 1 is 1.00 bits per heavy atom. The van der Waals surface area contributed by atoms with Crippen molar-refractivity contribution in [3.8, 4) is 0 Å². The summed E-state index contributed by atoms with van der Waals surface area (Å²) >= 11 is 18.4. The highest BCUT2D eigenvalue weighted by Gasteiger charge is 2.29. The van der Waals surface area contributed by atoms with Crippen molar-refractivity contribution in [3.63, 3.8) is 0 Å². The van der Waals surface area contributed by atoms with Gasteiger partial charge in [-0.1, -0.05) is 66.0 Å². The number of amides is 2. The monoisotopic (exact) mass is 454 g/mol. The van der Waals surface area contributed by atoms with Crippen molar-refractivity contribution in [1.82, 2.24) is 10.2 Å². The van der Waals surface area contributed by atoms with E-state index in [1.807, 2.05) is 39.0 Å². The summed E-state index contributed by atoms with van der Waals surface area (Å²) in [6.45, 7) is 5.90. The molecule has 2 aromatic rings. The topological polar surface area (TPSA) is 49.4 Å². The molecule has 2 amide bonds. The lowest BCUT2D eigenvalue weighted by Gasteiger charge is -2.31. The third-order valence-corrected chi connectivity index (χ3v) is 5.56. The van der Waals surface area contributed by atoms with Gasteiger partial charge >= 0.3 is 0 Å². The van der Waals surface area contributed by atoms with Crippen LogP contribution in [0.5, 0.6) is 0 Å². The van der Waals surface area contributed by atoms with Crippen molar-refractivity contribution < 1.29 is 9.59 Å². The van der Waals surface area contributed by atoms with Gasteiger partial charge in [0.25, 0.3) is 0 Å². The average Bonchev–Trinajstić information content (AvgIpc) is 2.65. The van der Waals surface area contributed by atoms with E-state index in [0.717, 1.165) is 11.1 Å². The first kappa shape index (κ1) is 23.5. The van der Waals surface area contributed by atoms with Gasteiger partial charge < -0.3 is 10.2 Å². The second-order valence-electron chi connectivity index (χ2n) is 7.13. The van der Waals surface area contributed by atoms with Crippen LogP contribution in [0.3, 0.4) is 0 Å². The Kier molecular flexibility index (Phi) is 8.81. The molecule has 0 radical (unpaired) electrons. The predicted octanol–water partition coefficient (Wildman–Crippen LogP) is 5.52. The molecule has 0 aliphatic rings. The summed E-state index contributed by atoms with van der Waals surface area (Å²) in [7, 11) is 0. The summed E-state index contributed by atoms with van der Waals surface area (Å²) in [5.74, 6) is -0.370. The molecule has 29 heavy (non-hydrogen) atoms. The summed E-state index contributed by atoms with van der Waals surface area (Å²) in [4.78, 5) is 27.6. The van der Waals surface area contributed by atoms with Gasteiger partial charge in [0.05, 0.1) is 16.5 Å². The molecule has 0 saturated heterocycles. The molecule has 1 atom stereocenters. The number of nitrogens with one attached hydrogen (secondary N) is 1. The third-order valence-electron chi connectivity index (χ3n) is 4.45. The van der Waals surface area contributed by atoms with Gasteiger partial charge in [0, 0.05) is 17.6 Å². The highest BCUT2D eigenvalue weighted by Crippen LogP contribution is 2.25. The molecule has 0 fully saturated rings. The van der Waals surface area contributed by atoms with E-state index in [4.69, 9.17) is 34.8 Å². The van der Waals surface area contributed by atoms with Gasteiger partial charge in [-0.2, -0.15) is 0 Å². The van der Waals surface area contributed by atoms with Crippen molar-refractivity contribution in [2.75, 3.05) is 0 Å². The maximum atomic E-state index is 13.2. The van der Waals surface area contributed by atoms with Crippen LogP contribution < -0.4 is 5.32 Å². The van der Waals surface area contributed by atoms with Crippen molar-refractivity contribution in [1.29, 1.82) is 0 Å². The number of halogens is 3. The molecule has 2 aromatic carbocycles. The molecule has 0 aromatic heterocycles. The Balaban J connectivity index is 2.34. The molecule has 4 nitrogen and oxygen atoms in total. The summed E-state index contributed by atoms with van der Waals surface area (Å²) in [6.07, 6.45) is 0.584. The zero-order valence-electron chi connectivity index (χ0n) is 16.7. The maximum Gasteiger partial charge on any atom is 0.243 e. The molecule has 0 heterocycles. The molecule has 7 heteroatoms. The minimum absolute atomic E-state index is 0.0259. The number of carbonyl (C=O) groups is 2. The standard InChI is InChI=1S/C22H25Cl3N2O2/c1-4-20(22(29)26-14(2)3)27(13-15-9-10-18(24)19(25)11-15)21(28)12-16-7-5-6-8-17(16)23/h5-11,14,20H,4,12-13H2,1-3H3,(H,26,29)/t20-/m1/s1. The Labute approximate surface area is 187 Å². The number of hydrogen-bond donors (Lipinski definition) is 1. The lowest BCUT2D eigenvalue weighted by atomic mass is 10.1. The van der Waals surface area contributed by atoms with Crippen LogP contribution >= 0.6 is 34.8 Å². The van der Waals surface area contributed by atoms with Crippen LogP contribution in [-0.2, 0) is 22.6 Å². The van der Waals surface area contributed by atoms with Gasteiger partial charge in [-0.25, -0.2) is 0 Å². The van der Waals surface area contributed by atoms with E-state index in [1.165, 1.54) is 0 Å². The summed E-state index contributed by atoms with van der Waals surface area (Å²) in [6, 6.07) is 11.8. The third kappa shape index (κ3) is 6.63. The van der Waals surface area contributed by atoms with Gasteiger partial charge in [0.15, 0.2) is 0 Å². The van der Waals surface area contributed by atoms with E-state index in [-0.39, 0.29) is 30.8 Å². The molecule has 0 saturated carbocycles. The molecule has 0 unspecified atom stereocenters. The number of hydrogen-bond acceptors (Lipinski definition) is 2. The molecule has 156 valence electrons. The Hall–Kier alpha value is -1.75. The number of benzene rings is 2. The van der Waals surface area contributed by atoms with E-state index in [2.05, 4.69) is 5.32 Å². The first-order valence-corrected chi connectivity index (χ1v) is 10.6. The largest absolute Gasteiger partial charge is 0.352 e. The van der Waals surface area contributed by atoms with Crippen LogP contribution in [0, 0.1) is 0 Å².